The maximum atomic E-state index is 13.5. The van der Waals surface area contributed by atoms with Crippen molar-refractivity contribution in [1.29, 1.82) is 0 Å². The SMILES string of the molecule is COc1cc(NC2(CN)CN3CCC2CC3)ccc1F. The maximum Gasteiger partial charge on any atom is 0.165 e. The molecule has 2 bridgehead atoms. The summed E-state index contributed by atoms with van der Waals surface area (Å²) in [5.41, 5.74) is 6.86. The molecular formula is C15H22FN3O. The molecule has 3 saturated heterocycles. The number of ether oxygens (including phenoxy) is 1. The summed E-state index contributed by atoms with van der Waals surface area (Å²) in [6.07, 6.45) is 2.37. The first kappa shape index (κ1) is 13.6. The number of nitrogens with one attached hydrogen (secondary N) is 1. The van der Waals surface area contributed by atoms with Gasteiger partial charge in [-0.1, -0.05) is 0 Å². The summed E-state index contributed by atoms with van der Waals surface area (Å²) in [6.45, 7) is 3.89. The van der Waals surface area contributed by atoms with Crippen molar-refractivity contribution in [1.82, 2.24) is 4.90 Å². The van der Waals surface area contributed by atoms with Gasteiger partial charge in [-0.3, -0.25) is 0 Å². The molecule has 4 rings (SSSR count). The Morgan fingerprint density at radius 2 is 2.20 bits per heavy atom. The van der Waals surface area contributed by atoms with E-state index in [9.17, 15) is 4.39 Å². The third-order valence-electron chi connectivity index (χ3n) is 4.78. The molecule has 1 unspecified atom stereocenters. The van der Waals surface area contributed by atoms with Gasteiger partial charge >= 0.3 is 0 Å². The molecular weight excluding hydrogens is 257 g/mol. The fourth-order valence-electron chi connectivity index (χ4n) is 3.62. The first-order valence-electron chi connectivity index (χ1n) is 7.21. The second kappa shape index (κ2) is 5.22. The number of rotatable bonds is 4. The Morgan fingerprint density at radius 3 is 2.75 bits per heavy atom. The molecule has 3 fully saturated rings. The van der Waals surface area contributed by atoms with Crippen LogP contribution in [-0.4, -0.2) is 43.7 Å². The lowest BCUT2D eigenvalue weighted by molar-refractivity contribution is 0.0449. The highest BCUT2D eigenvalue weighted by atomic mass is 19.1. The van der Waals surface area contributed by atoms with Gasteiger partial charge in [-0.2, -0.15) is 0 Å². The van der Waals surface area contributed by atoms with Crippen LogP contribution in [0.25, 0.3) is 0 Å². The van der Waals surface area contributed by atoms with Gasteiger partial charge in [0.1, 0.15) is 0 Å². The van der Waals surface area contributed by atoms with Crippen molar-refractivity contribution >= 4 is 5.69 Å². The highest BCUT2D eigenvalue weighted by Gasteiger charge is 2.45. The third-order valence-corrected chi connectivity index (χ3v) is 4.78. The normalized spacial score (nSPS) is 32.1. The van der Waals surface area contributed by atoms with E-state index in [0.29, 0.717) is 12.5 Å². The zero-order valence-corrected chi connectivity index (χ0v) is 11.9. The maximum absolute atomic E-state index is 13.5. The molecule has 110 valence electrons. The van der Waals surface area contributed by atoms with Crippen molar-refractivity contribution in [3.05, 3.63) is 24.0 Å². The Labute approximate surface area is 119 Å². The number of methoxy groups -OCH3 is 1. The lowest BCUT2D eigenvalue weighted by Gasteiger charge is -2.53. The van der Waals surface area contributed by atoms with Crippen LogP contribution >= 0.6 is 0 Å². The molecule has 1 atom stereocenters. The number of piperidine rings is 3. The first-order valence-corrected chi connectivity index (χ1v) is 7.21. The van der Waals surface area contributed by atoms with E-state index in [1.54, 1.807) is 12.1 Å². The predicted molar refractivity (Wildman–Crippen MR) is 77.5 cm³/mol. The Hall–Kier alpha value is -1.33. The standard InChI is InChI=1S/C15H22FN3O/c1-20-14-8-12(2-3-13(14)16)18-15(9-17)10-19-6-4-11(15)5-7-19/h2-3,8,11,18H,4-7,9-10,17H2,1H3. The molecule has 0 radical (unpaired) electrons. The van der Waals surface area contributed by atoms with Crippen LogP contribution in [0.4, 0.5) is 10.1 Å². The summed E-state index contributed by atoms with van der Waals surface area (Å²) in [6, 6.07) is 4.91. The van der Waals surface area contributed by atoms with Crippen LogP contribution in [0.2, 0.25) is 0 Å². The number of anilines is 1. The van der Waals surface area contributed by atoms with Crippen molar-refractivity contribution in [2.75, 3.05) is 38.6 Å². The molecule has 5 heteroatoms. The Balaban J connectivity index is 1.85. The average Bonchev–Trinajstić information content (AvgIpc) is 2.50. The molecule has 0 amide bonds. The zero-order chi connectivity index (χ0) is 14.2. The van der Waals surface area contributed by atoms with Gasteiger partial charge in [0.15, 0.2) is 11.6 Å². The van der Waals surface area contributed by atoms with Crippen molar-refractivity contribution in [3.8, 4) is 5.75 Å². The van der Waals surface area contributed by atoms with Gasteiger partial charge in [0.25, 0.3) is 0 Å². The van der Waals surface area contributed by atoms with Crippen LogP contribution in [0.1, 0.15) is 12.8 Å². The topological polar surface area (TPSA) is 50.5 Å². The van der Waals surface area contributed by atoms with Crippen molar-refractivity contribution in [3.63, 3.8) is 0 Å². The fourth-order valence-corrected chi connectivity index (χ4v) is 3.62. The second-order valence-electron chi connectivity index (χ2n) is 5.89. The third kappa shape index (κ3) is 2.25. The molecule has 0 aliphatic carbocycles. The molecule has 20 heavy (non-hydrogen) atoms. The van der Waals surface area contributed by atoms with E-state index in [-0.39, 0.29) is 17.1 Å². The number of fused-ring (bicyclic) bond motifs is 3. The highest BCUT2D eigenvalue weighted by molar-refractivity contribution is 5.51. The number of halogens is 1. The lowest BCUT2D eigenvalue weighted by atomic mass is 9.72. The summed E-state index contributed by atoms with van der Waals surface area (Å²) in [7, 11) is 1.48. The van der Waals surface area contributed by atoms with Crippen molar-refractivity contribution in [2.24, 2.45) is 11.7 Å². The predicted octanol–water partition coefficient (Wildman–Crippen LogP) is 1.67. The molecule has 1 aromatic rings. The number of benzene rings is 1. The average molecular weight is 279 g/mol. The summed E-state index contributed by atoms with van der Waals surface area (Å²) in [4.78, 5) is 2.46. The van der Waals surface area contributed by atoms with E-state index in [2.05, 4.69) is 10.2 Å². The van der Waals surface area contributed by atoms with Crippen LogP contribution in [0.3, 0.4) is 0 Å². The van der Waals surface area contributed by atoms with Gasteiger partial charge in [0.2, 0.25) is 0 Å². The Morgan fingerprint density at radius 1 is 1.45 bits per heavy atom. The van der Waals surface area contributed by atoms with E-state index < -0.39 is 0 Å². The monoisotopic (exact) mass is 279 g/mol. The van der Waals surface area contributed by atoms with Gasteiger partial charge in [0, 0.05) is 24.8 Å². The van der Waals surface area contributed by atoms with E-state index in [1.807, 2.05) is 0 Å². The second-order valence-corrected chi connectivity index (χ2v) is 5.89. The number of nitrogens with two attached hydrogens (primary N) is 1. The van der Waals surface area contributed by atoms with Gasteiger partial charge < -0.3 is 20.7 Å². The van der Waals surface area contributed by atoms with Crippen LogP contribution in [0.15, 0.2) is 18.2 Å². The molecule has 1 aromatic carbocycles. The summed E-state index contributed by atoms with van der Waals surface area (Å²) in [5.74, 6) is 0.519. The molecule has 3 aliphatic heterocycles. The highest BCUT2D eigenvalue weighted by Crippen LogP contribution is 2.38. The van der Waals surface area contributed by atoms with Crippen LogP contribution in [0.5, 0.6) is 5.75 Å². The molecule has 0 saturated carbocycles. The van der Waals surface area contributed by atoms with Gasteiger partial charge in [-0.15, -0.1) is 0 Å². The number of hydrogen-bond donors (Lipinski definition) is 2. The van der Waals surface area contributed by atoms with E-state index in [1.165, 1.54) is 39.1 Å². The minimum absolute atomic E-state index is 0.0979. The largest absolute Gasteiger partial charge is 0.494 e. The fraction of sp³-hybridized carbons (Fsp3) is 0.600. The van der Waals surface area contributed by atoms with E-state index >= 15 is 0 Å². The summed E-state index contributed by atoms with van der Waals surface area (Å²) < 4.78 is 18.5. The minimum atomic E-state index is -0.339. The van der Waals surface area contributed by atoms with Crippen LogP contribution < -0.4 is 15.8 Å². The first-order chi connectivity index (χ1) is 9.66. The quantitative estimate of drug-likeness (QED) is 0.880. The Kier molecular flexibility index (Phi) is 3.56. The number of hydrogen-bond acceptors (Lipinski definition) is 4. The molecule has 3 N–H and O–H groups in total. The smallest absolute Gasteiger partial charge is 0.165 e. The molecule has 3 heterocycles. The van der Waals surface area contributed by atoms with Crippen molar-refractivity contribution in [2.45, 2.75) is 18.4 Å². The van der Waals surface area contributed by atoms with Gasteiger partial charge in [-0.25, -0.2) is 4.39 Å². The summed E-state index contributed by atoms with van der Waals surface area (Å²) >= 11 is 0. The minimum Gasteiger partial charge on any atom is -0.494 e. The van der Waals surface area contributed by atoms with Gasteiger partial charge in [-0.05, 0) is 44.0 Å². The van der Waals surface area contributed by atoms with Crippen LogP contribution in [0, 0.1) is 11.7 Å². The molecule has 4 nitrogen and oxygen atoms in total. The number of nitrogens with zero attached hydrogens (tertiary/aromatic N) is 1. The van der Waals surface area contributed by atoms with Gasteiger partial charge in [0.05, 0.1) is 12.6 Å². The molecule has 0 aromatic heterocycles. The summed E-state index contributed by atoms with van der Waals surface area (Å²) in [5, 5.41) is 3.56. The molecule has 3 aliphatic rings. The Bertz CT molecular complexity index is 488. The van der Waals surface area contributed by atoms with Crippen molar-refractivity contribution < 1.29 is 9.13 Å². The molecule has 0 spiro atoms. The van der Waals surface area contributed by atoms with Crippen LogP contribution in [-0.2, 0) is 0 Å². The zero-order valence-electron chi connectivity index (χ0n) is 11.9. The lowest BCUT2D eigenvalue weighted by Crippen LogP contribution is -2.66. The van der Waals surface area contributed by atoms with E-state index in [0.717, 1.165) is 12.2 Å². The van der Waals surface area contributed by atoms with E-state index in [4.69, 9.17) is 10.5 Å².